The van der Waals surface area contributed by atoms with E-state index >= 15 is 0 Å². The van der Waals surface area contributed by atoms with Crippen LogP contribution in [0.3, 0.4) is 0 Å². The molecule has 3 atom stereocenters. The van der Waals surface area contributed by atoms with Gasteiger partial charge in [0.15, 0.2) is 0 Å². The highest BCUT2D eigenvalue weighted by molar-refractivity contribution is 4.96. The highest BCUT2D eigenvalue weighted by atomic mass is 15.3. The molecule has 0 N–H and O–H groups in total. The van der Waals surface area contributed by atoms with Gasteiger partial charge in [0, 0.05) is 31.7 Å². The zero-order valence-corrected chi connectivity index (χ0v) is 11.2. The van der Waals surface area contributed by atoms with Crippen molar-refractivity contribution in [3.05, 3.63) is 0 Å². The van der Waals surface area contributed by atoms with Crippen LogP contribution in [0.4, 0.5) is 0 Å². The van der Waals surface area contributed by atoms with Gasteiger partial charge in [0.05, 0.1) is 12.0 Å². The van der Waals surface area contributed by atoms with Gasteiger partial charge in [-0.15, -0.1) is 0 Å². The Morgan fingerprint density at radius 2 is 1.88 bits per heavy atom. The van der Waals surface area contributed by atoms with Crippen molar-refractivity contribution in [3.63, 3.8) is 0 Å². The molecule has 0 aromatic carbocycles. The predicted octanol–water partition coefficient (Wildman–Crippen LogP) is 2.09. The third kappa shape index (κ3) is 3.00. The molecule has 1 aliphatic heterocycles. The maximum absolute atomic E-state index is 9.35. The summed E-state index contributed by atoms with van der Waals surface area (Å²) >= 11 is 0. The third-order valence-electron chi connectivity index (χ3n) is 4.61. The first-order valence-electron chi connectivity index (χ1n) is 7.06. The summed E-state index contributed by atoms with van der Waals surface area (Å²) in [5, 5.41) is 9.35. The van der Waals surface area contributed by atoms with Crippen LogP contribution < -0.4 is 0 Å². The first-order chi connectivity index (χ1) is 8.22. The second-order valence-corrected chi connectivity index (χ2v) is 5.77. The molecule has 17 heavy (non-hydrogen) atoms. The van der Waals surface area contributed by atoms with E-state index in [2.05, 4.69) is 29.8 Å². The monoisotopic (exact) mass is 235 g/mol. The number of hydrogen-bond acceptors (Lipinski definition) is 3. The van der Waals surface area contributed by atoms with E-state index in [-0.39, 0.29) is 5.92 Å². The van der Waals surface area contributed by atoms with Crippen LogP contribution in [-0.2, 0) is 0 Å². The Morgan fingerprint density at radius 3 is 2.59 bits per heavy atom. The fourth-order valence-electron chi connectivity index (χ4n) is 3.25. The molecule has 0 aromatic rings. The van der Waals surface area contributed by atoms with Crippen molar-refractivity contribution in [3.8, 4) is 6.07 Å². The first kappa shape index (κ1) is 12.9. The largest absolute Gasteiger partial charge is 0.301 e. The van der Waals surface area contributed by atoms with Crippen molar-refractivity contribution in [2.75, 3.05) is 26.7 Å². The third-order valence-corrected chi connectivity index (χ3v) is 4.61. The number of hydrogen-bond donors (Lipinski definition) is 0. The Kier molecular flexibility index (Phi) is 4.42. The Balaban J connectivity index is 2.01. The highest BCUT2D eigenvalue weighted by Gasteiger charge is 2.32. The average Bonchev–Trinajstić information content (AvgIpc) is 2.57. The van der Waals surface area contributed by atoms with E-state index in [1.807, 2.05) is 0 Å². The molecule has 1 saturated heterocycles. The lowest BCUT2D eigenvalue weighted by Gasteiger charge is -2.42. The lowest BCUT2D eigenvalue weighted by atomic mass is 9.93. The number of piperazine rings is 1. The van der Waals surface area contributed by atoms with Crippen LogP contribution in [0.5, 0.6) is 0 Å². The molecule has 96 valence electrons. The van der Waals surface area contributed by atoms with Crippen molar-refractivity contribution in [1.82, 2.24) is 9.80 Å². The number of nitrogens with zero attached hydrogens (tertiary/aromatic N) is 3. The van der Waals surface area contributed by atoms with Crippen molar-refractivity contribution < 1.29 is 0 Å². The van der Waals surface area contributed by atoms with Gasteiger partial charge in [0.25, 0.3) is 0 Å². The lowest BCUT2D eigenvalue weighted by molar-refractivity contribution is 0.0550. The van der Waals surface area contributed by atoms with E-state index < -0.39 is 0 Å². The van der Waals surface area contributed by atoms with E-state index in [0.29, 0.717) is 12.1 Å². The molecule has 1 aliphatic carbocycles. The molecular weight excluding hydrogens is 210 g/mol. The summed E-state index contributed by atoms with van der Waals surface area (Å²) in [7, 11) is 2.21. The van der Waals surface area contributed by atoms with Crippen LogP contribution in [-0.4, -0.2) is 48.6 Å². The SMILES string of the molecule is CC1CN(C2CCCCCC2C#N)CCN1C. The minimum Gasteiger partial charge on any atom is -0.301 e. The van der Waals surface area contributed by atoms with Crippen LogP contribution in [0.25, 0.3) is 0 Å². The molecule has 0 spiro atoms. The van der Waals surface area contributed by atoms with Gasteiger partial charge in [-0.1, -0.05) is 19.3 Å². The van der Waals surface area contributed by atoms with Gasteiger partial charge in [-0.05, 0) is 26.8 Å². The molecular formula is C14H25N3. The van der Waals surface area contributed by atoms with Gasteiger partial charge in [-0.25, -0.2) is 0 Å². The summed E-state index contributed by atoms with van der Waals surface area (Å²) in [6.45, 7) is 5.73. The van der Waals surface area contributed by atoms with E-state index in [4.69, 9.17) is 0 Å². The molecule has 2 fully saturated rings. The summed E-state index contributed by atoms with van der Waals surface area (Å²) in [6, 6.07) is 3.72. The molecule has 2 aliphatic rings. The second kappa shape index (κ2) is 5.84. The Morgan fingerprint density at radius 1 is 1.12 bits per heavy atom. The van der Waals surface area contributed by atoms with Gasteiger partial charge in [-0.2, -0.15) is 5.26 Å². The van der Waals surface area contributed by atoms with Gasteiger partial charge in [0.1, 0.15) is 0 Å². The fraction of sp³-hybridized carbons (Fsp3) is 0.929. The first-order valence-corrected chi connectivity index (χ1v) is 7.06. The van der Waals surface area contributed by atoms with Crippen LogP contribution in [0, 0.1) is 17.2 Å². The summed E-state index contributed by atoms with van der Waals surface area (Å²) in [4.78, 5) is 5.01. The lowest BCUT2D eigenvalue weighted by Crippen LogP contribution is -2.54. The van der Waals surface area contributed by atoms with Crippen LogP contribution in [0.15, 0.2) is 0 Å². The maximum Gasteiger partial charge on any atom is 0.0672 e. The molecule has 0 bridgehead atoms. The zero-order chi connectivity index (χ0) is 12.3. The molecule has 0 amide bonds. The predicted molar refractivity (Wildman–Crippen MR) is 69.6 cm³/mol. The number of nitriles is 1. The van der Waals surface area contributed by atoms with Crippen molar-refractivity contribution in [2.45, 2.75) is 51.1 Å². The van der Waals surface area contributed by atoms with Gasteiger partial charge >= 0.3 is 0 Å². The van der Waals surface area contributed by atoms with Crippen LogP contribution >= 0.6 is 0 Å². The maximum atomic E-state index is 9.35. The fourth-order valence-corrected chi connectivity index (χ4v) is 3.25. The minimum atomic E-state index is 0.271. The molecule has 3 heteroatoms. The van der Waals surface area contributed by atoms with Crippen molar-refractivity contribution in [1.29, 1.82) is 5.26 Å². The van der Waals surface area contributed by atoms with Crippen LogP contribution in [0.1, 0.15) is 39.0 Å². The molecule has 0 aromatic heterocycles. The molecule has 0 radical (unpaired) electrons. The summed E-state index contributed by atoms with van der Waals surface area (Å²) in [5.74, 6) is 0.271. The quantitative estimate of drug-likeness (QED) is 0.652. The molecule has 3 nitrogen and oxygen atoms in total. The van der Waals surface area contributed by atoms with E-state index in [9.17, 15) is 5.26 Å². The van der Waals surface area contributed by atoms with E-state index in [0.717, 1.165) is 26.1 Å². The van der Waals surface area contributed by atoms with Crippen LogP contribution in [0.2, 0.25) is 0 Å². The summed E-state index contributed by atoms with van der Waals surface area (Å²) in [6.07, 6.45) is 6.22. The van der Waals surface area contributed by atoms with Gasteiger partial charge < -0.3 is 4.90 Å². The minimum absolute atomic E-state index is 0.271. The number of rotatable bonds is 1. The van der Waals surface area contributed by atoms with Gasteiger partial charge in [-0.3, -0.25) is 4.90 Å². The Hall–Kier alpha value is -0.590. The summed E-state index contributed by atoms with van der Waals surface area (Å²) in [5.41, 5.74) is 0. The van der Waals surface area contributed by atoms with Gasteiger partial charge in [0.2, 0.25) is 0 Å². The average molecular weight is 235 g/mol. The smallest absolute Gasteiger partial charge is 0.0672 e. The van der Waals surface area contributed by atoms with E-state index in [1.54, 1.807) is 0 Å². The number of likely N-dealkylation sites (N-methyl/N-ethyl adjacent to an activating group) is 1. The highest BCUT2D eigenvalue weighted by Crippen LogP contribution is 2.28. The second-order valence-electron chi connectivity index (χ2n) is 5.77. The topological polar surface area (TPSA) is 30.3 Å². The normalized spacial score (nSPS) is 37.4. The van der Waals surface area contributed by atoms with Crippen molar-refractivity contribution in [2.24, 2.45) is 5.92 Å². The Labute approximate surface area is 105 Å². The molecule has 2 rings (SSSR count). The molecule has 1 heterocycles. The van der Waals surface area contributed by atoms with Crippen molar-refractivity contribution >= 4 is 0 Å². The van der Waals surface area contributed by atoms with E-state index in [1.165, 1.54) is 25.7 Å². The molecule has 1 saturated carbocycles. The molecule has 3 unspecified atom stereocenters. The standard InChI is InChI=1S/C14H25N3/c1-12-11-17(9-8-16(12)2)14-7-5-3-4-6-13(14)10-15/h12-14H,3-9,11H2,1-2H3. The summed E-state index contributed by atoms with van der Waals surface area (Å²) < 4.78 is 0. The Bertz CT molecular complexity index is 284. The zero-order valence-electron chi connectivity index (χ0n) is 11.2.